The number of nitrogens with zero attached hydrogens (tertiary/aromatic N) is 3. The predicted octanol–water partition coefficient (Wildman–Crippen LogP) is 6.03. The van der Waals surface area contributed by atoms with Gasteiger partial charge in [-0.05, 0) is 54.7 Å². The highest BCUT2D eigenvalue weighted by Crippen LogP contribution is 2.40. The third-order valence-electron chi connectivity index (χ3n) is 6.67. The van der Waals surface area contributed by atoms with E-state index in [1.807, 2.05) is 18.2 Å². The van der Waals surface area contributed by atoms with E-state index in [4.69, 9.17) is 23.2 Å². The number of halogens is 2. The van der Waals surface area contributed by atoms with Gasteiger partial charge in [0.25, 0.3) is 0 Å². The van der Waals surface area contributed by atoms with Crippen molar-refractivity contribution in [1.82, 2.24) is 9.80 Å². The van der Waals surface area contributed by atoms with Crippen molar-refractivity contribution in [2.75, 3.05) is 29.9 Å². The lowest BCUT2D eigenvalue weighted by Gasteiger charge is -2.46. The molecule has 1 atom stereocenters. The Labute approximate surface area is 195 Å². The van der Waals surface area contributed by atoms with Gasteiger partial charge in [0.2, 0.25) is 0 Å². The summed E-state index contributed by atoms with van der Waals surface area (Å²) < 4.78 is 0. The molecule has 0 amide bonds. The van der Waals surface area contributed by atoms with Crippen molar-refractivity contribution >= 4 is 34.6 Å². The van der Waals surface area contributed by atoms with Crippen LogP contribution >= 0.6 is 23.2 Å². The fraction of sp³-hybridized carbons (Fsp3) is 0.440. The topological polar surface area (TPSA) is 21.8 Å². The monoisotopic (exact) mass is 456 g/mol. The quantitative estimate of drug-likeness (QED) is 0.592. The van der Waals surface area contributed by atoms with E-state index < -0.39 is 0 Å². The molecule has 0 spiro atoms. The predicted molar refractivity (Wildman–Crippen MR) is 131 cm³/mol. The van der Waals surface area contributed by atoms with Crippen LogP contribution < -0.4 is 10.2 Å². The average Bonchev–Trinajstić information content (AvgIpc) is 3.61. The molecule has 2 aromatic carbocycles. The molecule has 1 aliphatic carbocycles. The number of fused-ring (bicyclic) bond motifs is 1. The standard InChI is InChI=1S/C25H30Cl2N4/c1-17(2)24-15-30(12-11-29(24)14-18-13-19(26)7-10-21(18)27)25-16-31(20-8-9-20)23-6-4-3-5-22(23)28-25/h3-7,10,13,16-17,20,24,28H,8-9,11-12,14-15H2,1-2H3. The molecule has 4 nitrogen and oxygen atoms in total. The zero-order chi connectivity index (χ0) is 21.5. The van der Waals surface area contributed by atoms with Gasteiger partial charge in [0.15, 0.2) is 0 Å². The van der Waals surface area contributed by atoms with Crippen molar-refractivity contribution < 1.29 is 0 Å². The summed E-state index contributed by atoms with van der Waals surface area (Å²) >= 11 is 12.7. The van der Waals surface area contributed by atoms with E-state index in [1.54, 1.807) is 0 Å². The first-order chi connectivity index (χ1) is 15.0. The molecule has 1 saturated heterocycles. The first-order valence-corrected chi connectivity index (χ1v) is 12.0. The van der Waals surface area contributed by atoms with Crippen molar-refractivity contribution in [3.8, 4) is 0 Å². The Morgan fingerprint density at radius 3 is 2.65 bits per heavy atom. The Kier molecular flexibility index (Phi) is 5.80. The molecule has 2 aromatic rings. The maximum absolute atomic E-state index is 6.47. The molecule has 0 bridgehead atoms. The van der Waals surface area contributed by atoms with Gasteiger partial charge in [-0.15, -0.1) is 0 Å². The molecule has 0 aromatic heterocycles. The second-order valence-electron chi connectivity index (χ2n) is 9.26. The van der Waals surface area contributed by atoms with Gasteiger partial charge in [-0.25, -0.2) is 0 Å². The van der Waals surface area contributed by atoms with Crippen LogP contribution in [0.1, 0.15) is 32.3 Å². The summed E-state index contributed by atoms with van der Waals surface area (Å²) in [5.41, 5.74) is 3.61. The summed E-state index contributed by atoms with van der Waals surface area (Å²) in [4.78, 5) is 7.56. The average molecular weight is 457 g/mol. The first kappa shape index (κ1) is 21.0. The van der Waals surface area contributed by atoms with Gasteiger partial charge in [0, 0.05) is 54.5 Å². The highest BCUT2D eigenvalue weighted by Gasteiger charge is 2.35. The number of nitrogens with one attached hydrogen (secondary N) is 1. The third kappa shape index (κ3) is 4.39. The zero-order valence-corrected chi connectivity index (χ0v) is 19.7. The summed E-state index contributed by atoms with van der Waals surface area (Å²) in [5, 5.41) is 5.25. The van der Waals surface area contributed by atoms with Crippen LogP contribution in [0, 0.1) is 5.92 Å². The Balaban J connectivity index is 1.35. The van der Waals surface area contributed by atoms with Crippen LogP contribution in [0.4, 0.5) is 11.4 Å². The van der Waals surface area contributed by atoms with Crippen molar-refractivity contribution in [2.45, 2.75) is 45.3 Å². The number of para-hydroxylation sites is 2. The third-order valence-corrected chi connectivity index (χ3v) is 7.28. The van der Waals surface area contributed by atoms with Crippen molar-refractivity contribution in [2.24, 2.45) is 5.92 Å². The smallest absolute Gasteiger partial charge is 0.123 e. The van der Waals surface area contributed by atoms with E-state index in [9.17, 15) is 0 Å². The van der Waals surface area contributed by atoms with E-state index in [-0.39, 0.29) is 0 Å². The fourth-order valence-electron chi connectivity index (χ4n) is 4.77. The lowest BCUT2D eigenvalue weighted by molar-refractivity contribution is 0.0610. The van der Waals surface area contributed by atoms with Crippen LogP contribution in [-0.2, 0) is 6.54 Å². The zero-order valence-electron chi connectivity index (χ0n) is 18.2. The van der Waals surface area contributed by atoms with Crippen molar-refractivity contribution in [1.29, 1.82) is 0 Å². The molecule has 1 N–H and O–H groups in total. The summed E-state index contributed by atoms with van der Waals surface area (Å²) in [5.74, 6) is 1.76. The number of hydrogen-bond donors (Lipinski definition) is 1. The number of piperazine rings is 1. The maximum atomic E-state index is 6.47. The van der Waals surface area contributed by atoms with Gasteiger partial charge in [0.1, 0.15) is 5.82 Å². The van der Waals surface area contributed by atoms with Gasteiger partial charge >= 0.3 is 0 Å². The second kappa shape index (κ2) is 8.57. The normalized spacial score (nSPS) is 21.7. The number of benzene rings is 2. The first-order valence-electron chi connectivity index (χ1n) is 11.3. The lowest BCUT2D eigenvalue weighted by atomic mass is 9.98. The minimum atomic E-state index is 0.443. The Bertz CT molecular complexity index is 985. The van der Waals surface area contributed by atoms with Gasteiger partial charge < -0.3 is 15.1 Å². The van der Waals surface area contributed by atoms with Gasteiger partial charge in [0.05, 0.1) is 11.4 Å². The SMILES string of the molecule is CC(C)C1CN(C2=CN(C3CC3)c3ccccc3N2)CCN1Cc1cc(Cl)ccc1Cl. The van der Waals surface area contributed by atoms with Crippen molar-refractivity contribution in [3.05, 3.63) is 70.1 Å². The minimum absolute atomic E-state index is 0.443. The van der Waals surface area contributed by atoms with E-state index in [0.29, 0.717) is 18.0 Å². The second-order valence-corrected chi connectivity index (χ2v) is 10.1. The van der Waals surface area contributed by atoms with Crippen LogP contribution in [0.5, 0.6) is 0 Å². The molecule has 2 fully saturated rings. The molecule has 3 aliphatic rings. The molecule has 31 heavy (non-hydrogen) atoms. The van der Waals surface area contributed by atoms with Crippen LogP contribution in [0.2, 0.25) is 10.0 Å². The summed E-state index contributed by atoms with van der Waals surface area (Å²) in [7, 11) is 0. The summed E-state index contributed by atoms with van der Waals surface area (Å²) in [6, 6.07) is 15.5. The fourth-order valence-corrected chi connectivity index (χ4v) is 5.14. The molecule has 1 saturated carbocycles. The van der Waals surface area contributed by atoms with Gasteiger partial charge in [-0.2, -0.15) is 0 Å². The number of anilines is 2. The summed E-state index contributed by atoms with van der Waals surface area (Å²) in [6.45, 7) is 8.44. The van der Waals surface area contributed by atoms with Gasteiger partial charge in [-0.1, -0.05) is 49.2 Å². The minimum Gasteiger partial charge on any atom is -0.354 e. The summed E-state index contributed by atoms with van der Waals surface area (Å²) in [6.07, 6.45) is 4.89. The largest absolute Gasteiger partial charge is 0.354 e. The molecule has 164 valence electrons. The molecule has 0 radical (unpaired) electrons. The van der Waals surface area contributed by atoms with Crippen LogP contribution in [-0.4, -0.2) is 41.5 Å². The highest BCUT2D eigenvalue weighted by molar-refractivity contribution is 6.33. The highest BCUT2D eigenvalue weighted by atomic mass is 35.5. The van der Waals surface area contributed by atoms with E-state index in [0.717, 1.165) is 41.8 Å². The molecule has 2 aliphatic heterocycles. The lowest BCUT2D eigenvalue weighted by Crippen LogP contribution is -2.55. The van der Waals surface area contributed by atoms with Crippen molar-refractivity contribution in [3.63, 3.8) is 0 Å². The number of rotatable bonds is 5. The van der Waals surface area contributed by atoms with Gasteiger partial charge in [-0.3, -0.25) is 4.90 Å². The Hall–Kier alpha value is -1.88. The molecular weight excluding hydrogens is 427 g/mol. The molecule has 6 heteroatoms. The van der Waals surface area contributed by atoms with Crippen LogP contribution in [0.3, 0.4) is 0 Å². The Morgan fingerprint density at radius 1 is 1.06 bits per heavy atom. The molecular formula is C25H30Cl2N4. The van der Waals surface area contributed by atoms with E-state index >= 15 is 0 Å². The number of hydrogen-bond acceptors (Lipinski definition) is 4. The maximum Gasteiger partial charge on any atom is 0.123 e. The van der Waals surface area contributed by atoms with Crippen LogP contribution in [0.25, 0.3) is 0 Å². The van der Waals surface area contributed by atoms with E-state index in [2.05, 4.69) is 64.3 Å². The van der Waals surface area contributed by atoms with Crippen LogP contribution in [0.15, 0.2) is 54.5 Å². The molecule has 2 heterocycles. The van der Waals surface area contributed by atoms with E-state index in [1.165, 1.54) is 30.0 Å². The Morgan fingerprint density at radius 2 is 1.87 bits per heavy atom. The molecule has 5 rings (SSSR count). The molecule has 1 unspecified atom stereocenters.